The maximum Gasteiger partial charge on any atom is 0.145 e. The van der Waals surface area contributed by atoms with E-state index >= 15 is 0 Å². The maximum atomic E-state index is 5.14. The van der Waals surface area contributed by atoms with E-state index in [-0.39, 0.29) is 0 Å². The number of fused-ring (bicyclic) bond motifs is 8. The van der Waals surface area contributed by atoms with E-state index in [0.29, 0.717) is 0 Å². The molecule has 62 heavy (non-hydrogen) atoms. The van der Waals surface area contributed by atoms with Crippen LogP contribution in [0.4, 0.5) is 0 Å². The van der Waals surface area contributed by atoms with Crippen molar-refractivity contribution in [3.8, 4) is 45.5 Å². The smallest absolute Gasteiger partial charge is 0.145 e. The van der Waals surface area contributed by atoms with Gasteiger partial charge in [-0.15, -0.1) is 0 Å². The van der Waals surface area contributed by atoms with Crippen molar-refractivity contribution in [1.82, 2.24) is 28.2 Å². The van der Waals surface area contributed by atoms with Gasteiger partial charge in [-0.3, -0.25) is 9.13 Å². The predicted molar refractivity (Wildman–Crippen MR) is 255 cm³/mol. The van der Waals surface area contributed by atoms with Gasteiger partial charge in [-0.05, 0) is 121 Å². The Balaban J connectivity index is 0.959. The Labute approximate surface area is 356 Å². The highest BCUT2D eigenvalue weighted by atomic mass is 15.1. The molecule has 9 aromatic carbocycles. The second-order valence-corrected chi connectivity index (χ2v) is 15.9. The molecule has 4 aromatic heterocycles. The quantitative estimate of drug-likeness (QED) is 0.168. The van der Waals surface area contributed by atoms with E-state index in [9.17, 15) is 0 Å². The first-order chi connectivity index (χ1) is 30.8. The van der Waals surface area contributed by atoms with Crippen LogP contribution in [0.5, 0.6) is 0 Å². The van der Waals surface area contributed by atoms with Crippen molar-refractivity contribution in [1.29, 1.82) is 0 Å². The molecule has 0 aliphatic rings. The Morgan fingerprint density at radius 3 is 1.00 bits per heavy atom. The normalized spacial score (nSPS) is 11.9. The molecule has 0 saturated carbocycles. The molecular weight excluding hydrogens is 757 g/mol. The molecule has 0 atom stereocenters. The minimum atomic E-state index is 0.920. The molecule has 6 heteroatoms. The number of imidazole rings is 2. The summed E-state index contributed by atoms with van der Waals surface area (Å²) in [5.74, 6) is 1.84. The molecule has 0 saturated heterocycles. The summed E-state index contributed by atoms with van der Waals surface area (Å²) in [7, 11) is 0. The molecule has 290 valence electrons. The zero-order chi connectivity index (χ0) is 40.7. The van der Waals surface area contributed by atoms with Crippen LogP contribution in [0.15, 0.2) is 218 Å². The largest absolute Gasteiger partial charge is 0.309 e. The maximum absolute atomic E-state index is 5.14. The van der Waals surface area contributed by atoms with Crippen LogP contribution in [0.2, 0.25) is 0 Å². The van der Waals surface area contributed by atoms with Crippen LogP contribution in [-0.2, 0) is 0 Å². The molecule has 0 unspecified atom stereocenters. The number of nitrogens with zero attached hydrogens (tertiary/aromatic N) is 6. The van der Waals surface area contributed by atoms with Gasteiger partial charge in [-0.25, -0.2) is 9.97 Å². The van der Waals surface area contributed by atoms with Crippen LogP contribution >= 0.6 is 0 Å². The number of benzene rings is 9. The Kier molecular flexibility index (Phi) is 7.50. The van der Waals surface area contributed by atoms with Crippen LogP contribution in [0.3, 0.4) is 0 Å². The fraction of sp³-hybridized carbons (Fsp3) is 0. The van der Waals surface area contributed by atoms with Crippen molar-refractivity contribution < 1.29 is 0 Å². The second kappa shape index (κ2) is 13.5. The standard InChI is InChI=1S/C56H36N6/c1-3-15-39(16-4-1)61-51-25-13-9-21-47(51)57-55(61)37-27-31-41(32-28-37)59-49-23-11-7-19-43(49)45-36-54-46(35-53(45)59)44-20-8-12-24-50(44)60(54)42-33-29-38(30-34-42)56-58-48-22-10-14-26-52(48)62(56)40-17-5-2-6-18-40/h1-36H. The summed E-state index contributed by atoms with van der Waals surface area (Å²) in [6.45, 7) is 0. The third-order valence-corrected chi connectivity index (χ3v) is 12.4. The van der Waals surface area contributed by atoms with Gasteiger partial charge < -0.3 is 9.13 Å². The highest BCUT2D eigenvalue weighted by Crippen LogP contribution is 2.40. The highest BCUT2D eigenvalue weighted by molar-refractivity contribution is 6.19. The first-order valence-corrected chi connectivity index (χ1v) is 21.0. The van der Waals surface area contributed by atoms with E-state index in [1.165, 1.54) is 43.6 Å². The first-order valence-electron chi connectivity index (χ1n) is 21.0. The molecule has 4 heterocycles. The Morgan fingerprint density at radius 2 is 0.581 bits per heavy atom. The van der Waals surface area contributed by atoms with Crippen LogP contribution in [0.1, 0.15) is 0 Å². The number of hydrogen-bond donors (Lipinski definition) is 0. The van der Waals surface area contributed by atoms with Gasteiger partial charge in [-0.2, -0.15) is 0 Å². The van der Waals surface area contributed by atoms with Gasteiger partial charge in [0.05, 0.1) is 44.1 Å². The lowest BCUT2D eigenvalue weighted by Crippen LogP contribution is -1.98. The highest BCUT2D eigenvalue weighted by Gasteiger charge is 2.20. The van der Waals surface area contributed by atoms with E-state index < -0.39 is 0 Å². The van der Waals surface area contributed by atoms with Crippen molar-refractivity contribution in [3.63, 3.8) is 0 Å². The monoisotopic (exact) mass is 792 g/mol. The molecule has 0 radical (unpaired) electrons. The molecule has 0 fully saturated rings. The molecule has 0 aliphatic carbocycles. The third-order valence-electron chi connectivity index (χ3n) is 12.4. The molecule has 13 aromatic rings. The summed E-state index contributed by atoms with van der Waals surface area (Å²) >= 11 is 0. The molecule has 6 nitrogen and oxygen atoms in total. The van der Waals surface area contributed by atoms with Gasteiger partial charge in [0.15, 0.2) is 0 Å². The van der Waals surface area contributed by atoms with Gasteiger partial charge in [0.2, 0.25) is 0 Å². The van der Waals surface area contributed by atoms with E-state index in [4.69, 9.17) is 9.97 Å². The lowest BCUT2D eigenvalue weighted by atomic mass is 10.1. The summed E-state index contributed by atoms with van der Waals surface area (Å²) < 4.78 is 9.33. The van der Waals surface area contributed by atoms with Gasteiger partial charge in [0.25, 0.3) is 0 Å². The lowest BCUT2D eigenvalue weighted by molar-refractivity contribution is 1.10. The summed E-state index contributed by atoms with van der Waals surface area (Å²) in [5, 5.41) is 4.85. The van der Waals surface area contributed by atoms with Crippen molar-refractivity contribution in [3.05, 3.63) is 218 Å². The minimum absolute atomic E-state index is 0.920. The van der Waals surface area contributed by atoms with Gasteiger partial charge in [0.1, 0.15) is 11.6 Å². The predicted octanol–water partition coefficient (Wildman–Crippen LogP) is 13.9. The fourth-order valence-corrected chi connectivity index (χ4v) is 9.62. The molecular formula is C56H36N6. The number of aromatic nitrogens is 6. The van der Waals surface area contributed by atoms with Crippen molar-refractivity contribution in [2.24, 2.45) is 0 Å². The third kappa shape index (κ3) is 5.17. The zero-order valence-electron chi connectivity index (χ0n) is 33.5. The van der Waals surface area contributed by atoms with E-state index in [1.807, 2.05) is 0 Å². The van der Waals surface area contributed by atoms with Gasteiger partial charge in [0, 0.05) is 55.4 Å². The molecule has 0 bridgehead atoms. The summed E-state index contributed by atoms with van der Waals surface area (Å²) in [6.07, 6.45) is 0. The Hall–Kier alpha value is -8.48. The minimum Gasteiger partial charge on any atom is -0.309 e. The molecule has 0 N–H and O–H groups in total. The SMILES string of the molecule is c1ccc(-n2c(-c3ccc(-n4c5ccccc5c5cc6c(cc54)c4ccccc4n6-c4ccc(-c5nc6ccccc6n5-c5ccccc5)cc4)cc3)nc3ccccc32)cc1. The Morgan fingerprint density at radius 1 is 0.242 bits per heavy atom. The van der Waals surface area contributed by atoms with Crippen LogP contribution in [-0.4, -0.2) is 28.2 Å². The first kappa shape index (κ1) is 34.4. The number of hydrogen-bond acceptors (Lipinski definition) is 2. The number of rotatable bonds is 6. The zero-order valence-corrected chi connectivity index (χ0v) is 33.5. The molecule has 0 amide bonds. The summed E-state index contributed by atoms with van der Waals surface area (Å²) in [6, 6.07) is 77.8. The second-order valence-electron chi connectivity index (χ2n) is 15.9. The van der Waals surface area contributed by atoms with Gasteiger partial charge in [-0.1, -0.05) is 97.1 Å². The Bertz CT molecular complexity index is 3580. The van der Waals surface area contributed by atoms with Crippen molar-refractivity contribution in [2.75, 3.05) is 0 Å². The average molecular weight is 793 g/mol. The van der Waals surface area contributed by atoms with E-state index in [0.717, 1.165) is 67.6 Å². The average Bonchev–Trinajstić information content (AvgIpc) is 4.10. The summed E-state index contributed by atoms with van der Waals surface area (Å²) in [4.78, 5) is 10.3. The van der Waals surface area contributed by atoms with Crippen LogP contribution in [0.25, 0.3) is 111 Å². The fourth-order valence-electron chi connectivity index (χ4n) is 9.62. The molecule has 0 spiro atoms. The summed E-state index contributed by atoms with van der Waals surface area (Å²) in [5.41, 5.74) is 15.3. The lowest BCUT2D eigenvalue weighted by Gasteiger charge is -2.12. The van der Waals surface area contributed by atoms with Crippen LogP contribution in [0, 0.1) is 0 Å². The van der Waals surface area contributed by atoms with Crippen molar-refractivity contribution >= 4 is 65.7 Å². The van der Waals surface area contributed by atoms with Crippen LogP contribution < -0.4 is 0 Å². The van der Waals surface area contributed by atoms with Crippen molar-refractivity contribution in [2.45, 2.75) is 0 Å². The van der Waals surface area contributed by atoms with E-state index in [1.54, 1.807) is 0 Å². The molecule has 13 rings (SSSR count). The van der Waals surface area contributed by atoms with Gasteiger partial charge >= 0.3 is 0 Å². The number of para-hydroxylation sites is 8. The topological polar surface area (TPSA) is 45.5 Å². The van der Waals surface area contributed by atoms with E-state index in [2.05, 4.69) is 237 Å². The molecule has 0 aliphatic heterocycles.